The first-order valence-corrected chi connectivity index (χ1v) is 11.7. The van der Waals surface area contributed by atoms with Crippen LogP contribution in [0, 0.1) is 0 Å². The number of aryl methyl sites for hydroxylation is 1. The minimum Gasteiger partial charge on any atom is -0.324 e. The molecule has 0 saturated heterocycles. The normalized spacial score (nSPS) is 18.5. The summed E-state index contributed by atoms with van der Waals surface area (Å²) in [4.78, 5) is 27.2. The van der Waals surface area contributed by atoms with Crippen LogP contribution in [0.25, 0.3) is 6.08 Å². The van der Waals surface area contributed by atoms with Crippen LogP contribution in [0.15, 0.2) is 53.4 Å². The lowest BCUT2D eigenvalue weighted by atomic mass is 9.98. The Balaban J connectivity index is 1.58. The summed E-state index contributed by atoms with van der Waals surface area (Å²) in [6.07, 6.45) is 2.88. The lowest BCUT2D eigenvalue weighted by Gasteiger charge is -2.30. The summed E-state index contributed by atoms with van der Waals surface area (Å²) in [5.74, 6) is -0.554. The van der Waals surface area contributed by atoms with Crippen molar-refractivity contribution in [2.75, 3.05) is 23.8 Å². The molecule has 2 aliphatic rings. The lowest BCUT2D eigenvalue weighted by Crippen LogP contribution is -2.45. The van der Waals surface area contributed by atoms with E-state index in [0.29, 0.717) is 29.1 Å². The van der Waals surface area contributed by atoms with Crippen LogP contribution in [-0.4, -0.2) is 44.2 Å². The van der Waals surface area contributed by atoms with Crippen molar-refractivity contribution >= 4 is 39.3 Å². The smallest absolute Gasteiger partial charge is 0.242 e. The largest absolute Gasteiger partial charge is 0.324 e. The van der Waals surface area contributed by atoms with Crippen molar-refractivity contribution < 1.29 is 18.0 Å². The topological polar surface area (TPSA) is 86.8 Å². The molecule has 31 heavy (non-hydrogen) atoms. The molecule has 1 heterocycles. The van der Waals surface area contributed by atoms with Crippen LogP contribution in [0.4, 0.5) is 11.4 Å². The highest BCUT2D eigenvalue weighted by molar-refractivity contribution is 7.93. The zero-order valence-corrected chi connectivity index (χ0v) is 18.4. The highest BCUT2D eigenvalue weighted by Gasteiger charge is 2.33. The number of sulfonamides is 1. The van der Waals surface area contributed by atoms with Crippen LogP contribution in [0.5, 0.6) is 0 Å². The van der Waals surface area contributed by atoms with Gasteiger partial charge in [0.15, 0.2) is 0 Å². The molecule has 0 radical (unpaired) electrons. The quantitative estimate of drug-likeness (QED) is 0.794. The minimum absolute atomic E-state index is 0.138. The average molecular weight is 440 g/mol. The first kappa shape index (κ1) is 21.3. The molecule has 1 aliphatic carbocycles. The van der Waals surface area contributed by atoms with E-state index in [4.69, 9.17) is 0 Å². The molecule has 1 aliphatic heterocycles. The van der Waals surface area contributed by atoms with E-state index in [1.165, 1.54) is 11.9 Å². The predicted octanol–water partition coefficient (Wildman–Crippen LogP) is 3.00. The standard InChI is InChI=1S/C23H25N3O4S/c1-16-13-22(27)24-20-9-5-6-10-21(20)26(16)23(28)15-25(2)31(29,30)19-12-11-17-7-3-4-8-18(17)14-19/h3-10,14,16H,11-13,15H2,1-2H3,(H,24,27). The average Bonchev–Trinajstić information content (AvgIpc) is 2.87. The monoisotopic (exact) mass is 439 g/mol. The highest BCUT2D eigenvalue weighted by atomic mass is 32.2. The van der Waals surface area contributed by atoms with Crippen LogP contribution in [-0.2, 0) is 26.0 Å². The van der Waals surface area contributed by atoms with Gasteiger partial charge in [-0.25, -0.2) is 8.42 Å². The molecule has 7 nitrogen and oxygen atoms in total. The molecule has 4 rings (SSSR count). The van der Waals surface area contributed by atoms with E-state index in [2.05, 4.69) is 5.32 Å². The molecule has 1 atom stereocenters. The van der Waals surface area contributed by atoms with Gasteiger partial charge in [-0.1, -0.05) is 36.4 Å². The van der Waals surface area contributed by atoms with Crippen LogP contribution in [0.2, 0.25) is 0 Å². The van der Waals surface area contributed by atoms with Gasteiger partial charge < -0.3 is 10.2 Å². The molecule has 0 bridgehead atoms. The summed E-state index contributed by atoms with van der Waals surface area (Å²) in [6, 6.07) is 14.4. The fraction of sp³-hybridized carbons (Fsp3) is 0.304. The third-order valence-corrected chi connectivity index (χ3v) is 7.67. The van der Waals surface area contributed by atoms with Gasteiger partial charge in [0.05, 0.1) is 22.8 Å². The molecule has 2 aromatic carbocycles. The number of amides is 2. The molecule has 1 unspecified atom stereocenters. The number of benzene rings is 2. The Hall–Kier alpha value is -2.97. The number of nitrogens with zero attached hydrogens (tertiary/aromatic N) is 2. The third kappa shape index (κ3) is 4.13. The van der Waals surface area contributed by atoms with Gasteiger partial charge in [0.1, 0.15) is 0 Å². The van der Waals surface area contributed by atoms with Crippen molar-refractivity contribution in [2.24, 2.45) is 0 Å². The van der Waals surface area contributed by atoms with Gasteiger partial charge in [0.25, 0.3) is 0 Å². The van der Waals surface area contributed by atoms with Gasteiger partial charge in [0.2, 0.25) is 21.8 Å². The van der Waals surface area contributed by atoms with Crippen molar-refractivity contribution in [3.8, 4) is 0 Å². The SMILES string of the molecule is CC1CC(=O)Nc2ccccc2N1C(=O)CN(C)S(=O)(=O)C1=Cc2ccccc2CC1. The van der Waals surface area contributed by atoms with E-state index in [1.807, 2.05) is 24.3 Å². The van der Waals surface area contributed by atoms with Gasteiger partial charge in [-0.2, -0.15) is 4.31 Å². The van der Waals surface area contributed by atoms with E-state index in [0.717, 1.165) is 15.4 Å². The molecular formula is C23H25N3O4S. The van der Waals surface area contributed by atoms with Crippen LogP contribution in [0.3, 0.4) is 0 Å². The Kier molecular flexibility index (Phi) is 5.68. The first-order chi connectivity index (χ1) is 14.8. The maximum atomic E-state index is 13.2. The maximum Gasteiger partial charge on any atom is 0.242 e. The van der Waals surface area contributed by atoms with Crippen LogP contribution >= 0.6 is 0 Å². The van der Waals surface area contributed by atoms with E-state index >= 15 is 0 Å². The third-order valence-electron chi connectivity index (χ3n) is 5.74. The Morgan fingerprint density at radius 2 is 1.84 bits per heavy atom. The fourth-order valence-corrected chi connectivity index (χ4v) is 5.45. The summed E-state index contributed by atoms with van der Waals surface area (Å²) in [6.45, 7) is 1.48. The van der Waals surface area contributed by atoms with Crippen molar-refractivity contribution in [3.63, 3.8) is 0 Å². The summed E-state index contributed by atoms with van der Waals surface area (Å²) in [5, 5.41) is 2.81. The van der Waals surface area contributed by atoms with Gasteiger partial charge in [-0.3, -0.25) is 9.59 Å². The molecule has 0 fully saturated rings. The number of nitrogens with one attached hydrogen (secondary N) is 1. The number of hydrogen-bond donors (Lipinski definition) is 1. The molecule has 2 amide bonds. The number of para-hydroxylation sites is 2. The van der Waals surface area contributed by atoms with Gasteiger partial charge in [-0.15, -0.1) is 0 Å². The van der Waals surface area contributed by atoms with Crippen LogP contribution in [0.1, 0.15) is 30.9 Å². The number of anilines is 2. The highest BCUT2D eigenvalue weighted by Crippen LogP contribution is 2.32. The Bertz CT molecular complexity index is 1170. The molecule has 2 aromatic rings. The molecule has 162 valence electrons. The zero-order chi connectivity index (χ0) is 22.2. The number of hydrogen-bond acceptors (Lipinski definition) is 4. The van der Waals surface area contributed by atoms with E-state index in [-0.39, 0.29) is 24.8 Å². The minimum atomic E-state index is -3.79. The number of allylic oxidation sites excluding steroid dienone is 1. The Labute approximate surface area is 182 Å². The number of rotatable bonds is 4. The zero-order valence-electron chi connectivity index (χ0n) is 17.5. The molecule has 0 spiro atoms. The number of carbonyl (C=O) groups is 2. The van der Waals surface area contributed by atoms with Gasteiger partial charge in [0, 0.05) is 19.5 Å². The van der Waals surface area contributed by atoms with Gasteiger partial charge >= 0.3 is 0 Å². The second kappa shape index (κ2) is 8.28. The number of carbonyl (C=O) groups excluding carboxylic acids is 2. The van der Waals surface area contributed by atoms with Crippen molar-refractivity contribution in [2.45, 2.75) is 32.2 Å². The van der Waals surface area contributed by atoms with Crippen molar-refractivity contribution in [1.29, 1.82) is 0 Å². The second-order valence-corrected chi connectivity index (χ2v) is 10.1. The molecule has 1 N–H and O–H groups in total. The van der Waals surface area contributed by atoms with Crippen LogP contribution < -0.4 is 10.2 Å². The molecule has 0 saturated carbocycles. The summed E-state index contributed by atoms with van der Waals surface area (Å²) >= 11 is 0. The Morgan fingerprint density at radius 1 is 1.13 bits per heavy atom. The maximum absolute atomic E-state index is 13.2. The van der Waals surface area contributed by atoms with E-state index in [1.54, 1.807) is 37.3 Å². The number of likely N-dealkylation sites (N-methyl/N-ethyl adjacent to an activating group) is 1. The summed E-state index contributed by atoms with van der Waals surface area (Å²) < 4.78 is 27.5. The fourth-order valence-electron chi connectivity index (χ4n) is 4.13. The summed E-state index contributed by atoms with van der Waals surface area (Å²) in [5.41, 5.74) is 3.13. The molecule has 8 heteroatoms. The van der Waals surface area contributed by atoms with E-state index in [9.17, 15) is 18.0 Å². The lowest BCUT2D eigenvalue weighted by molar-refractivity contribution is -0.119. The van der Waals surface area contributed by atoms with Gasteiger partial charge in [-0.05, 0) is 49.1 Å². The molecular weight excluding hydrogens is 414 g/mol. The van der Waals surface area contributed by atoms with E-state index < -0.39 is 16.1 Å². The first-order valence-electron chi connectivity index (χ1n) is 10.2. The predicted molar refractivity (Wildman–Crippen MR) is 121 cm³/mol. The second-order valence-electron chi connectivity index (χ2n) is 7.95. The van der Waals surface area contributed by atoms with Crippen molar-refractivity contribution in [1.82, 2.24) is 4.31 Å². The summed E-state index contributed by atoms with van der Waals surface area (Å²) in [7, 11) is -2.37. The number of fused-ring (bicyclic) bond motifs is 2. The van der Waals surface area contributed by atoms with Crippen molar-refractivity contribution in [3.05, 3.63) is 64.6 Å². The Morgan fingerprint density at radius 3 is 2.65 bits per heavy atom. The molecule has 0 aromatic heterocycles.